The Morgan fingerprint density at radius 3 is 2.64 bits per heavy atom. The van der Waals surface area contributed by atoms with Crippen molar-refractivity contribution in [1.29, 1.82) is 0 Å². The summed E-state index contributed by atoms with van der Waals surface area (Å²) in [4.78, 5) is 28.2. The van der Waals surface area contributed by atoms with Gasteiger partial charge >= 0.3 is 5.97 Å². The summed E-state index contributed by atoms with van der Waals surface area (Å²) >= 11 is 6.12. The number of aryl methyl sites for hydroxylation is 2. The Hall–Kier alpha value is -2.56. The van der Waals surface area contributed by atoms with Gasteiger partial charge in [-0.2, -0.15) is 4.31 Å². The summed E-state index contributed by atoms with van der Waals surface area (Å²) in [5.41, 5.74) is 1.28. The maximum atomic E-state index is 13.5. The number of benzene rings is 1. The maximum absolute atomic E-state index is 13.5. The summed E-state index contributed by atoms with van der Waals surface area (Å²) in [5, 5.41) is 3.15. The largest absolute Gasteiger partial charge is 0.495 e. The van der Waals surface area contributed by atoms with Gasteiger partial charge in [-0.25, -0.2) is 13.2 Å². The van der Waals surface area contributed by atoms with Crippen molar-refractivity contribution in [2.45, 2.75) is 38.5 Å². The average molecular weight is 498 g/mol. The fraction of sp³-hybridized carbons (Fsp3) is 0.455. The molecule has 0 bridgehead atoms. The summed E-state index contributed by atoms with van der Waals surface area (Å²) in [6, 6.07) is 4.88. The second kappa shape index (κ2) is 10.1. The molecule has 1 amide bonds. The number of amides is 1. The van der Waals surface area contributed by atoms with Gasteiger partial charge < -0.3 is 19.8 Å². The van der Waals surface area contributed by atoms with Gasteiger partial charge in [0.05, 0.1) is 24.7 Å². The monoisotopic (exact) mass is 497 g/mol. The van der Waals surface area contributed by atoms with Crippen LogP contribution in [0.1, 0.15) is 41.5 Å². The number of aromatic amines is 1. The SMILES string of the molecule is CCOC(=O)c1c(C)[nH]c(C)c1S(=O)(=O)N1CCC[C@@H](C(=O)Nc2ccc(OC)c(Cl)c2)C1. The zero-order chi connectivity index (χ0) is 24.3. The maximum Gasteiger partial charge on any atom is 0.341 e. The molecule has 11 heteroatoms. The molecule has 1 saturated heterocycles. The minimum Gasteiger partial charge on any atom is -0.495 e. The lowest BCUT2D eigenvalue weighted by molar-refractivity contribution is -0.120. The number of carbonyl (C=O) groups excluding carboxylic acids is 2. The smallest absolute Gasteiger partial charge is 0.341 e. The molecule has 1 aromatic carbocycles. The fourth-order valence-electron chi connectivity index (χ4n) is 4.02. The first-order valence-electron chi connectivity index (χ1n) is 10.6. The standard InChI is InChI=1S/C22H28ClN3O6S/c1-5-32-22(28)19-13(2)24-14(3)20(19)33(29,30)26-10-6-7-15(12-26)21(27)25-16-8-9-18(31-4)17(23)11-16/h8-9,11,15,24H,5-7,10,12H2,1-4H3,(H,25,27)/t15-/m1/s1. The molecule has 0 spiro atoms. The normalized spacial score (nSPS) is 16.9. The second-order valence-electron chi connectivity index (χ2n) is 7.84. The third kappa shape index (κ3) is 5.18. The van der Waals surface area contributed by atoms with Crippen LogP contribution in [0.5, 0.6) is 5.75 Å². The summed E-state index contributed by atoms with van der Waals surface area (Å²) < 4.78 is 38.5. The Labute approximate surface area is 198 Å². The van der Waals surface area contributed by atoms with Gasteiger partial charge in [0.15, 0.2) is 0 Å². The number of nitrogens with one attached hydrogen (secondary N) is 2. The molecule has 1 aliphatic rings. The molecular weight excluding hydrogens is 470 g/mol. The lowest BCUT2D eigenvalue weighted by atomic mass is 9.98. The molecule has 9 nitrogen and oxygen atoms in total. The van der Waals surface area contributed by atoms with E-state index < -0.39 is 21.9 Å². The highest BCUT2D eigenvalue weighted by molar-refractivity contribution is 7.89. The third-order valence-electron chi connectivity index (χ3n) is 5.57. The van der Waals surface area contributed by atoms with Crippen molar-refractivity contribution in [3.63, 3.8) is 0 Å². The highest BCUT2D eigenvalue weighted by Crippen LogP contribution is 2.32. The number of hydrogen-bond acceptors (Lipinski definition) is 6. The van der Waals surface area contributed by atoms with Crippen LogP contribution in [0.25, 0.3) is 0 Å². The number of carbonyl (C=O) groups is 2. The number of methoxy groups -OCH3 is 1. The van der Waals surface area contributed by atoms with E-state index in [0.29, 0.717) is 40.7 Å². The molecule has 0 aliphatic carbocycles. The Bertz CT molecular complexity index is 1160. The minimum absolute atomic E-state index is 0.00395. The molecular formula is C22H28ClN3O6S. The van der Waals surface area contributed by atoms with Crippen molar-refractivity contribution in [1.82, 2.24) is 9.29 Å². The Balaban J connectivity index is 1.82. The van der Waals surface area contributed by atoms with E-state index in [1.165, 1.54) is 11.4 Å². The number of aromatic nitrogens is 1. The first kappa shape index (κ1) is 25.1. The van der Waals surface area contributed by atoms with E-state index in [1.54, 1.807) is 39.0 Å². The number of ether oxygens (including phenoxy) is 2. The molecule has 2 aromatic rings. The van der Waals surface area contributed by atoms with E-state index in [4.69, 9.17) is 21.1 Å². The molecule has 180 valence electrons. The number of piperidine rings is 1. The van der Waals surface area contributed by atoms with E-state index >= 15 is 0 Å². The highest BCUT2D eigenvalue weighted by atomic mass is 35.5. The van der Waals surface area contributed by atoms with Crippen LogP contribution in [0.15, 0.2) is 23.1 Å². The van der Waals surface area contributed by atoms with Crippen molar-refractivity contribution < 1.29 is 27.5 Å². The topological polar surface area (TPSA) is 118 Å². The molecule has 0 radical (unpaired) electrons. The summed E-state index contributed by atoms with van der Waals surface area (Å²) in [5.74, 6) is -1.07. The molecule has 3 rings (SSSR count). The number of anilines is 1. The predicted octanol–water partition coefficient (Wildman–Crippen LogP) is 3.51. The van der Waals surface area contributed by atoms with Crippen LogP contribution in [0.2, 0.25) is 5.02 Å². The number of halogens is 1. The molecule has 0 unspecified atom stereocenters. The van der Waals surface area contributed by atoms with Crippen LogP contribution >= 0.6 is 11.6 Å². The van der Waals surface area contributed by atoms with Crippen LogP contribution in [0.4, 0.5) is 5.69 Å². The van der Waals surface area contributed by atoms with Crippen molar-refractivity contribution in [2.75, 3.05) is 32.1 Å². The van der Waals surface area contributed by atoms with Gasteiger partial charge in [0.25, 0.3) is 0 Å². The quantitative estimate of drug-likeness (QED) is 0.565. The Kier molecular flexibility index (Phi) is 7.71. The van der Waals surface area contributed by atoms with Gasteiger partial charge in [-0.3, -0.25) is 4.79 Å². The molecule has 1 fully saturated rings. The number of hydrogen-bond donors (Lipinski definition) is 2. The van der Waals surface area contributed by atoms with Crippen molar-refractivity contribution in [2.24, 2.45) is 5.92 Å². The number of nitrogens with zero attached hydrogens (tertiary/aromatic N) is 1. The Morgan fingerprint density at radius 1 is 1.27 bits per heavy atom. The second-order valence-corrected chi connectivity index (χ2v) is 10.1. The lowest BCUT2D eigenvalue weighted by Crippen LogP contribution is -2.44. The highest BCUT2D eigenvalue weighted by Gasteiger charge is 2.38. The fourth-order valence-corrected chi connectivity index (χ4v) is 6.22. The van der Waals surface area contributed by atoms with Gasteiger partial charge in [0.2, 0.25) is 15.9 Å². The number of H-pyrrole nitrogens is 1. The number of esters is 1. The average Bonchev–Trinajstić information content (AvgIpc) is 3.08. The van der Waals surface area contributed by atoms with Crippen molar-refractivity contribution in [3.8, 4) is 5.75 Å². The lowest BCUT2D eigenvalue weighted by Gasteiger charge is -2.31. The van der Waals surface area contributed by atoms with Crippen molar-refractivity contribution >= 4 is 39.2 Å². The van der Waals surface area contributed by atoms with E-state index in [2.05, 4.69) is 10.3 Å². The zero-order valence-corrected chi connectivity index (χ0v) is 20.6. The first-order chi connectivity index (χ1) is 15.6. The Morgan fingerprint density at radius 2 is 2.00 bits per heavy atom. The van der Waals surface area contributed by atoms with Gasteiger partial charge in [-0.1, -0.05) is 11.6 Å². The zero-order valence-electron chi connectivity index (χ0n) is 19.0. The number of rotatable bonds is 7. The summed E-state index contributed by atoms with van der Waals surface area (Å²) in [7, 11) is -2.54. The third-order valence-corrected chi connectivity index (χ3v) is 7.90. The summed E-state index contributed by atoms with van der Waals surface area (Å²) in [6.45, 7) is 5.28. The van der Waals surface area contributed by atoms with E-state index in [9.17, 15) is 18.0 Å². The van der Waals surface area contributed by atoms with Gasteiger partial charge in [-0.05, 0) is 51.8 Å². The van der Waals surface area contributed by atoms with Crippen LogP contribution < -0.4 is 10.1 Å². The predicted molar refractivity (Wildman–Crippen MR) is 124 cm³/mol. The van der Waals surface area contributed by atoms with Crippen LogP contribution in [0, 0.1) is 19.8 Å². The van der Waals surface area contributed by atoms with Gasteiger partial charge in [0, 0.05) is 30.2 Å². The van der Waals surface area contributed by atoms with E-state index in [1.807, 2.05) is 0 Å². The van der Waals surface area contributed by atoms with Crippen molar-refractivity contribution in [3.05, 3.63) is 40.2 Å². The van der Waals surface area contributed by atoms with E-state index in [0.717, 1.165) is 0 Å². The molecule has 2 heterocycles. The van der Waals surface area contributed by atoms with Gasteiger partial charge in [-0.15, -0.1) is 0 Å². The molecule has 33 heavy (non-hydrogen) atoms. The van der Waals surface area contributed by atoms with E-state index in [-0.39, 0.29) is 36.1 Å². The van der Waals surface area contributed by atoms with Crippen LogP contribution in [0.3, 0.4) is 0 Å². The minimum atomic E-state index is -4.04. The summed E-state index contributed by atoms with van der Waals surface area (Å²) in [6.07, 6.45) is 1.05. The van der Waals surface area contributed by atoms with Crippen LogP contribution in [-0.4, -0.2) is 56.4 Å². The molecule has 2 N–H and O–H groups in total. The van der Waals surface area contributed by atoms with Crippen LogP contribution in [-0.2, 0) is 19.6 Å². The van der Waals surface area contributed by atoms with Gasteiger partial charge in [0.1, 0.15) is 16.2 Å². The molecule has 1 aliphatic heterocycles. The molecule has 0 saturated carbocycles. The molecule has 1 atom stereocenters. The first-order valence-corrected chi connectivity index (χ1v) is 12.4. The molecule has 1 aromatic heterocycles. The number of sulfonamides is 1.